The van der Waals surface area contributed by atoms with Gasteiger partial charge >= 0.3 is 6.03 Å². The molecule has 0 aliphatic heterocycles. The molecule has 3 amide bonds. The molecule has 0 aromatic heterocycles. The lowest BCUT2D eigenvalue weighted by Crippen LogP contribution is -2.37. The summed E-state index contributed by atoms with van der Waals surface area (Å²) < 4.78 is 13.8. The quantitative estimate of drug-likeness (QED) is 0.658. The number of urea groups is 1. The first-order chi connectivity index (χ1) is 11.9. The maximum Gasteiger partial charge on any atom is 0.312 e. The Bertz CT molecular complexity index is 720. The SMILES string of the molecule is NC(=O)N[C@H](CC(=O)NCCc1ccc(F)cc1)c1ccc(Br)cc1. The Balaban J connectivity index is 1.89. The molecule has 1 atom stereocenters. The van der Waals surface area contributed by atoms with Crippen molar-refractivity contribution >= 4 is 27.9 Å². The molecule has 2 aromatic carbocycles. The number of rotatable bonds is 7. The van der Waals surface area contributed by atoms with E-state index in [1.54, 1.807) is 12.1 Å². The van der Waals surface area contributed by atoms with Crippen LogP contribution in [0.4, 0.5) is 9.18 Å². The molecule has 0 aliphatic rings. The number of hydrogen-bond acceptors (Lipinski definition) is 2. The molecule has 132 valence electrons. The summed E-state index contributed by atoms with van der Waals surface area (Å²) in [6.45, 7) is 0.425. The van der Waals surface area contributed by atoms with Crippen LogP contribution >= 0.6 is 15.9 Å². The molecule has 0 unspecified atom stereocenters. The highest BCUT2D eigenvalue weighted by atomic mass is 79.9. The van der Waals surface area contributed by atoms with Crippen LogP contribution < -0.4 is 16.4 Å². The largest absolute Gasteiger partial charge is 0.356 e. The number of primary amides is 1. The van der Waals surface area contributed by atoms with Crippen molar-refractivity contribution in [1.82, 2.24) is 10.6 Å². The molecule has 0 fully saturated rings. The number of carbonyl (C=O) groups excluding carboxylic acids is 2. The summed E-state index contributed by atoms with van der Waals surface area (Å²) in [5.74, 6) is -0.494. The van der Waals surface area contributed by atoms with E-state index in [1.165, 1.54) is 12.1 Å². The smallest absolute Gasteiger partial charge is 0.312 e. The van der Waals surface area contributed by atoms with Crippen molar-refractivity contribution in [3.8, 4) is 0 Å². The summed E-state index contributed by atoms with van der Waals surface area (Å²) in [5, 5.41) is 5.38. The number of hydrogen-bond donors (Lipinski definition) is 3. The average molecular weight is 408 g/mol. The van der Waals surface area contributed by atoms with Gasteiger partial charge in [0.15, 0.2) is 0 Å². The molecule has 0 spiro atoms. The Kier molecular flexibility index (Phi) is 6.94. The minimum Gasteiger partial charge on any atom is -0.356 e. The summed E-state index contributed by atoms with van der Waals surface area (Å²) in [6.07, 6.45) is 0.673. The molecule has 2 rings (SSSR count). The van der Waals surface area contributed by atoms with Crippen LogP contribution in [0, 0.1) is 5.82 Å². The number of halogens is 2. The lowest BCUT2D eigenvalue weighted by Gasteiger charge is -2.18. The van der Waals surface area contributed by atoms with Crippen molar-refractivity contribution in [2.45, 2.75) is 18.9 Å². The van der Waals surface area contributed by atoms with E-state index in [2.05, 4.69) is 26.6 Å². The zero-order chi connectivity index (χ0) is 18.2. The van der Waals surface area contributed by atoms with Crippen LogP contribution in [0.25, 0.3) is 0 Å². The summed E-state index contributed by atoms with van der Waals surface area (Å²) >= 11 is 3.34. The summed E-state index contributed by atoms with van der Waals surface area (Å²) in [4.78, 5) is 23.3. The third-order valence-corrected chi connectivity index (χ3v) is 4.16. The van der Waals surface area contributed by atoms with E-state index in [0.717, 1.165) is 15.6 Å². The van der Waals surface area contributed by atoms with E-state index >= 15 is 0 Å². The van der Waals surface area contributed by atoms with Crippen LogP contribution in [-0.2, 0) is 11.2 Å². The zero-order valence-corrected chi connectivity index (χ0v) is 15.1. The van der Waals surface area contributed by atoms with E-state index in [0.29, 0.717) is 13.0 Å². The highest BCUT2D eigenvalue weighted by Crippen LogP contribution is 2.19. The van der Waals surface area contributed by atoms with Gasteiger partial charge in [-0.3, -0.25) is 4.79 Å². The van der Waals surface area contributed by atoms with E-state index < -0.39 is 12.1 Å². The molecular weight excluding hydrogens is 389 g/mol. The fourth-order valence-electron chi connectivity index (χ4n) is 2.37. The maximum absolute atomic E-state index is 12.9. The number of benzene rings is 2. The first kappa shape index (κ1) is 18.9. The highest BCUT2D eigenvalue weighted by molar-refractivity contribution is 9.10. The first-order valence-electron chi connectivity index (χ1n) is 7.76. The zero-order valence-electron chi connectivity index (χ0n) is 13.5. The molecule has 7 heteroatoms. The highest BCUT2D eigenvalue weighted by Gasteiger charge is 2.17. The van der Waals surface area contributed by atoms with E-state index in [1.807, 2.05) is 24.3 Å². The molecule has 5 nitrogen and oxygen atoms in total. The minimum atomic E-state index is -0.688. The van der Waals surface area contributed by atoms with Gasteiger partial charge in [0.05, 0.1) is 12.5 Å². The van der Waals surface area contributed by atoms with Crippen molar-refractivity contribution in [2.24, 2.45) is 5.73 Å². The Morgan fingerprint density at radius 3 is 2.32 bits per heavy atom. The maximum atomic E-state index is 12.9. The summed E-state index contributed by atoms with van der Waals surface area (Å²) in [7, 11) is 0. The van der Waals surface area contributed by atoms with Crippen LogP contribution in [0.5, 0.6) is 0 Å². The van der Waals surface area contributed by atoms with Gasteiger partial charge in [-0.1, -0.05) is 40.2 Å². The number of carbonyl (C=O) groups is 2. The lowest BCUT2D eigenvalue weighted by atomic mass is 10.0. The van der Waals surface area contributed by atoms with Gasteiger partial charge in [0, 0.05) is 11.0 Å². The van der Waals surface area contributed by atoms with E-state index in [4.69, 9.17) is 5.73 Å². The third-order valence-electron chi connectivity index (χ3n) is 3.63. The molecule has 4 N–H and O–H groups in total. The lowest BCUT2D eigenvalue weighted by molar-refractivity contribution is -0.121. The van der Waals surface area contributed by atoms with Gasteiger partial charge in [-0.15, -0.1) is 0 Å². The normalized spacial score (nSPS) is 11.6. The monoisotopic (exact) mass is 407 g/mol. The fraction of sp³-hybridized carbons (Fsp3) is 0.222. The second-order valence-corrected chi connectivity index (χ2v) is 6.46. The van der Waals surface area contributed by atoms with Gasteiger partial charge in [0.2, 0.25) is 5.91 Å². The Hall–Kier alpha value is -2.41. The van der Waals surface area contributed by atoms with Crippen molar-refractivity contribution in [3.05, 3.63) is 69.9 Å². The Morgan fingerprint density at radius 1 is 1.08 bits per heavy atom. The number of nitrogens with one attached hydrogen (secondary N) is 2. The number of nitrogens with two attached hydrogens (primary N) is 1. The molecule has 0 aliphatic carbocycles. The molecule has 25 heavy (non-hydrogen) atoms. The molecule has 0 saturated carbocycles. The third kappa shape index (κ3) is 6.54. The second-order valence-electron chi connectivity index (χ2n) is 5.54. The first-order valence-corrected chi connectivity index (χ1v) is 8.56. The topological polar surface area (TPSA) is 84.2 Å². The molecule has 0 saturated heterocycles. The molecular formula is C18H19BrFN3O2. The van der Waals surface area contributed by atoms with Crippen molar-refractivity contribution in [1.29, 1.82) is 0 Å². The average Bonchev–Trinajstić information content (AvgIpc) is 2.56. The predicted octanol–water partition coefficient (Wildman–Crippen LogP) is 3.05. The van der Waals surface area contributed by atoms with Crippen molar-refractivity contribution < 1.29 is 14.0 Å². The molecule has 0 heterocycles. The van der Waals surface area contributed by atoms with Crippen LogP contribution in [-0.4, -0.2) is 18.5 Å². The number of amides is 3. The van der Waals surface area contributed by atoms with Gasteiger partial charge in [-0.2, -0.15) is 0 Å². The fourth-order valence-corrected chi connectivity index (χ4v) is 2.64. The summed E-state index contributed by atoms with van der Waals surface area (Å²) in [6, 6.07) is 12.2. The van der Waals surface area contributed by atoms with Crippen LogP contribution in [0.15, 0.2) is 53.0 Å². The van der Waals surface area contributed by atoms with Crippen molar-refractivity contribution in [3.63, 3.8) is 0 Å². The van der Waals surface area contributed by atoms with Crippen LogP contribution in [0.2, 0.25) is 0 Å². The Labute approximate surface area is 153 Å². The van der Waals surface area contributed by atoms with Gasteiger partial charge in [0.25, 0.3) is 0 Å². The van der Waals surface area contributed by atoms with Crippen LogP contribution in [0.1, 0.15) is 23.6 Å². The molecule has 0 bridgehead atoms. The summed E-state index contributed by atoms with van der Waals surface area (Å²) in [5.41, 5.74) is 6.92. The van der Waals surface area contributed by atoms with Crippen molar-refractivity contribution in [2.75, 3.05) is 6.54 Å². The molecule has 2 aromatic rings. The van der Waals surface area contributed by atoms with E-state index in [9.17, 15) is 14.0 Å². The van der Waals surface area contributed by atoms with Gasteiger partial charge in [-0.25, -0.2) is 9.18 Å². The van der Waals surface area contributed by atoms with Gasteiger partial charge in [-0.05, 0) is 41.8 Å². The standard InChI is InChI=1S/C18H19BrFN3O2/c19-14-5-3-13(4-6-14)16(23-18(21)25)11-17(24)22-10-9-12-1-7-15(20)8-2-12/h1-8,16H,9-11H2,(H,22,24)(H3,21,23,25)/t16-/m1/s1. The molecule has 0 radical (unpaired) electrons. The van der Waals surface area contributed by atoms with E-state index in [-0.39, 0.29) is 18.1 Å². The minimum absolute atomic E-state index is 0.0774. The van der Waals surface area contributed by atoms with Crippen LogP contribution in [0.3, 0.4) is 0 Å². The van der Waals surface area contributed by atoms with Gasteiger partial charge in [0.1, 0.15) is 5.82 Å². The Morgan fingerprint density at radius 2 is 1.72 bits per heavy atom. The van der Waals surface area contributed by atoms with Gasteiger partial charge < -0.3 is 16.4 Å². The predicted molar refractivity (Wildman–Crippen MR) is 97.3 cm³/mol. The second kappa shape index (κ2) is 9.17.